The summed E-state index contributed by atoms with van der Waals surface area (Å²) in [5.74, 6) is -0.979. The van der Waals surface area contributed by atoms with Crippen molar-refractivity contribution in [2.45, 2.75) is 59.0 Å². The van der Waals surface area contributed by atoms with Crippen molar-refractivity contribution in [3.63, 3.8) is 0 Å². The van der Waals surface area contributed by atoms with Crippen molar-refractivity contribution in [3.05, 3.63) is 34.4 Å². The number of rotatable bonds is 4. The summed E-state index contributed by atoms with van der Waals surface area (Å²) < 4.78 is 0. The number of carbonyl (C=O) groups is 2. The molecule has 0 bridgehead atoms. The van der Waals surface area contributed by atoms with Gasteiger partial charge >= 0.3 is 12.0 Å². The standard InChI is InChI=1S/C18H26N2O3/c1-11-8-12(2)16(13(3)9-11)10-19-18(23)20-15-6-4-14(5-7-15)17(21)22/h8-9,14-15H,4-7,10H2,1-3H3,(H,21,22)(H2,19,20,23). The molecule has 1 aromatic carbocycles. The highest BCUT2D eigenvalue weighted by Gasteiger charge is 2.26. The molecule has 1 aliphatic carbocycles. The lowest BCUT2D eigenvalue weighted by atomic mass is 9.86. The number of carboxylic acid groups (broad SMARTS) is 1. The molecule has 0 radical (unpaired) electrons. The van der Waals surface area contributed by atoms with E-state index in [-0.39, 0.29) is 18.0 Å². The van der Waals surface area contributed by atoms with E-state index in [4.69, 9.17) is 5.11 Å². The van der Waals surface area contributed by atoms with Gasteiger partial charge in [-0.25, -0.2) is 4.79 Å². The molecule has 0 unspecified atom stereocenters. The highest BCUT2D eigenvalue weighted by molar-refractivity contribution is 5.74. The molecular formula is C18H26N2O3. The summed E-state index contributed by atoms with van der Waals surface area (Å²) in [4.78, 5) is 23.0. The van der Waals surface area contributed by atoms with Gasteiger partial charge in [0.1, 0.15) is 0 Å². The molecule has 23 heavy (non-hydrogen) atoms. The molecule has 2 amide bonds. The number of urea groups is 1. The van der Waals surface area contributed by atoms with Gasteiger partial charge in [-0.05, 0) is 63.1 Å². The van der Waals surface area contributed by atoms with E-state index in [0.717, 1.165) is 18.4 Å². The highest BCUT2D eigenvalue weighted by Crippen LogP contribution is 2.24. The number of aryl methyl sites for hydroxylation is 3. The van der Waals surface area contributed by atoms with Gasteiger partial charge in [0, 0.05) is 12.6 Å². The molecular weight excluding hydrogens is 292 g/mol. The number of carbonyl (C=O) groups excluding carboxylic acids is 1. The van der Waals surface area contributed by atoms with E-state index in [1.165, 1.54) is 16.7 Å². The van der Waals surface area contributed by atoms with E-state index in [1.807, 2.05) is 0 Å². The number of carboxylic acids is 1. The molecule has 1 fully saturated rings. The Kier molecular flexibility index (Phi) is 5.64. The zero-order chi connectivity index (χ0) is 17.0. The van der Waals surface area contributed by atoms with Gasteiger partial charge in [-0.15, -0.1) is 0 Å². The Morgan fingerprint density at radius 3 is 2.17 bits per heavy atom. The van der Waals surface area contributed by atoms with Crippen LogP contribution in [-0.4, -0.2) is 23.1 Å². The van der Waals surface area contributed by atoms with Crippen LogP contribution in [0.5, 0.6) is 0 Å². The maximum atomic E-state index is 12.1. The molecule has 3 N–H and O–H groups in total. The lowest BCUT2D eigenvalue weighted by Crippen LogP contribution is -2.44. The molecule has 0 aliphatic heterocycles. The number of amides is 2. The number of aliphatic carboxylic acids is 1. The molecule has 0 heterocycles. The first-order valence-corrected chi connectivity index (χ1v) is 8.20. The minimum absolute atomic E-state index is 0.0748. The summed E-state index contributed by atoms with van der Waals surface area (Å²) in [6, 6.07) is 4.14. The SMILES string of the molecule is Cc1cc(C)c(CNC(=O)NC2CCC(C(=O)O)CC2)c(C)c1. The van der Waals surface area contributed by atoms with Gasteiger partial charge < -0.3 is 15.7 Å². The zero-order valence-electron chi connectivity index (χ0n) is 14.1. The number of benzene rings is 1. The number of nitrogens with one attached hydrogen (secondary N) is 2. The molecule has 0 atom stereocenters. The largest absolute Gasteiger partial charge is 0.481 e. The summed E-state index contributed by atoms with van der Waals surface area (Å²) in [7, 11) is 0. The third-order valence-corrected chi connectivity index (χ3v) is 4.68. The Morgan fingerprint density at radius 2 is 1.65 bits per heavy atom. The predicted octanol–water partition coefficient (Wildman–Crippen LogP) is 3.05. The Morgan fingerprint density at radius 1 is 1.09 bits per heavy atom. The fourth-order valence-corrected chi connectivity index (χ4v) is 3.38. The van der Waals surface area contributed by atoms with Crippen LogP contribution in [0.2, 0.25) is 0 Å². The molecule has 1 saturated carbocycles. The van der Waals surface area contributed by atoms with Crippen molar-refractivity contribution in [1.29, 1.82) is 0 Å². The van der Waals surface area contributed by atoms with Crippen molar-refractivity contribution in [2.24, 2.45) is 5.92 Å². The van der Waals surface area contributed by atoms with Crippen molar-refractivity contribution in [3.8, 4) is 0 Å². The fraction of sp³-hybridized carbons (Fsp3) is 0.556. The van der Waals surface area contributed by atoms with Gasteiger partial charge in [-0.3, -0.25) is 4.79 Å². The average molecular weight is 318 g/mol. The summed E-state index contributed by atoms with van der Waals surface area (Å²) in [6.45, 7) is 6.69. The van der Waals surface area contributed by atoms with Crippen LogP contribution in [0.15, 0.2) is 12.1 Å². The Bertz CT molecular complexity index is 567. The number of hydrogen-bond donors (Lipinski definition) is 3. The molecule has 5 heteroatoms. The van der Waals surface area contributed by atoms with E-state index >= 15 is 0 Å². The summed E-state index contributed by atoms with van der Waals surface area (Å²) in [6.07, 6.45) is 2.73. The van der Waals surface area contributed by atoms with Crippen LogP contribution in [0, 0.1) is 26.7 Å². The monoisotopic (exact) mass is 318 g/mol. The molecule has 1 aromatic rings. The van der Waals surface area contributed by atoms with Gasteiger partial charge in [-0.1, -0.05) is 17.7 Å². The van der Waals surface area contributed by atoms with Crippen LogP contribution >= 0.6 is 0 Å². The lowest BCUT2D eigenvalue weighted by Gasteiger charge is -2.27. The Labute approximate surface area is 137 Å². The maximum absolute atomic E-state index is 12.1. The maximum Gasteiger partial charge on any atom is 0.315 e. The van der Waals surface area contributed by atoms with Gasteiger partial charge in [0.25, 0.3) is 0 Å². The second-order valence-electron chi connectivity index (χ2n) is 6.59. The van der Waals surface area contributed by atoms with Gasteiger partial charge in [-0.2, -0.15) is 0 Å². The Hall–Kier alpha value is -2.04. The van der Waals surface area contributed by atoms with Gasteiger partial charge in [0.05, 0.1) is 5.92 Å². The molecule has 0 aromatic heterocycles. The van der Waals surface area contributed by atoms with Crippen molar-refractivity contribution in [2.75, 3.05) is 0 Å². The number of hydrogen-bond acceptors (Lipinski definition) is 2. The van der Waals surface area contributed by atoms with E-state index < -0.39 is 5.97 Å². The normalized spacial score (nSPS) is 20.8. The Balaban J connectivity index is 1.81. The fourth-order valence-electron chi connectivity index (χ4n) is 3.38. The first kappa shape index (κ1) is 17.3. The lowest BCUT2D eigenvalue weighted by molar-refractivity contribution is -0.142. The first-order chi connectivity index (χ1) is 10.9. The molecule has 0 spiro atoms. The van der Waals surface area contributed by atoms with E-state index in [2.05, 4.69) is 43.5 Å². The van der Waals surface area contributed by atoms with E-state index in [1.54, 1.807) is 0 Å². The quantitative estimate of drug-likeness (QED) is 0.798. The van der Waals surface area contributed by atoms with Gasteiger partial charge in [0.15, 0.2) is 0 Å². The topological polar surface area (TPSA) is 78.4 Å². The van der Waals surface area contributed by atoms with E-state index in [9.17, 15) is 9.59 Å². The van der Waals surface area contributed by atoms with Crippen LogP contribution in [0.25, 0.3) is 0 Å². The minimum atomic E-state index is -0.724. The zero-order valence-corrected chi connectivity index (χ0v) is 14.1. The summed E-state index contributed by atoms with van der Waals surface area (Å²) in [5.41, 5.74) is 4.75. The average Bonchev–Trinajstić information content (AvgIpc) is 2.46. The third kappa shape index (κ3) is 4.71. The highest BCUT2D eigenvalue weighted by atomic mass is 16.4. The predicted molar refractivity (Wildman–Crippen MR) is 89.4 cm³/mol. The van der Waals surface area contributed by atoms with Crippen molar-refractivity contribution >= 4 is 12.0 Å². The smallest absolute Gasteiger partial charge is 0.315 e. The summed E-state index contributed by atoms with van der Waals surface area (Å²) in [5, 5.41) is 14.9. The minimum Gasteiger partial charge on any atom is -0.481 e. The van der Waals surface area contributed by atoms with Crippen molar-refractivity contribution < 1.29 is 14.7 Å². The van der Waals surface area contributed by atoms with Crippen LogP contribution in [0.1, 0.15) is 47.9 Å². The molecule has 2 rings (SSSR count). The van der Waals surface area contributed by atoms with E-state index in [0.29, 0.717) is 19.4 Å². The first-order valence-electron chi connectivity index (χ1n) is 8.20. The molecule has 1 aliphatic rings. The van der Waals surface area contributed by atoms with Crippen LogP contribution in [0.4, 0.5) is 4.79 Å². The summed E-state index contributed by atoms with van der Waals surface area (Å²) >= 11 is 0. The van der Waals surface area contributed by atoms with Crippen LogP contribution in [0.3, 0.4) is 0 Å². The molecule has 126 valence electrons. The second-order valence-corrected chi connectivity index (χ2v) is 6.59. The second kappa shape index (κ2) is 7.49. The van der Waals surface area contributed by atoms with Crippen LogP contribution in [-0.2, 0) is 11.3 Å². The van der Waals surface area contributed by atoms with Crippen LogP contribution < -0.4 is 10.6 Å². The van der Waals surface area contributed by atoms with Gasteiger partial charge in [0.2, 0.25) is 0 Å². The molecule has 0 saturated heterocycles. The third-order valence-electron chi connectivity index (χ3n) is 4.68. The molecule has 5 nitrogen and oxygen atoms in total. The van der Waals surface area contributed by atoms with Crippen molar-refractivity contribution in [1.82, 2.24) is 10.6 Å².